The van der Waals surface area contributed by atoms with Crippen molar-refractivity contribution in [3.05, 3.63) is 12.2 Å². The Morgan fingerprint density at radius 3 is 2.50 bits per heavy atom. The lowest BCUT2D eigenvalue weighted by Crippen LogP contribution is -1.84. The highest BCUT2D eigenvalue weighted by Crippen LogP contribution is 2.06. The zero-order valence-corrected chi connectivity index (χ0v) is 9.10. The number of rotatable bonds is 5. The van der Waals surface area contributed by atoms with Gasteiger partial charge >= 0.3 is 0 Å². The van der Waals surface area contributed by atoms with E-state index >= 15 is 0 Å². The second-order valence-corrected chi connectivity index (χ2v) is 3.83. The van der Waals surface area contributed by atoms with Crippen molar-refractivity contribution in [2.75, 3.05) is 4.43 Å². The highest BCUT2D eigenvalue weighted by Gasteiger charge is 1.90. The number of halogens is 1. The first kappa shape index (κ1) is 10.5. The van der Waals surface area contributed by atoms with Crippen LogP contribution in [0.2, 0.25) is 0 Å². The molecule has 0 heterocycles. The minimum atomic E-state index is 0.869. The Hall–Kier alpha value is 0.470. The van der Waals surface area contributed by atoms with Gasteiger partial charge in [0.1, 0.15) is 0 Å². The normalized spacial score (nSPS) is 11.6. The predicted octanol–water partition coefficient (Wildman–Crippen LogP) is 3.80. The summed E-state index contributed by atoms with van der Waals surface area (Å²) in [5.41, 5.74) is 0. The summed E-state index contributed by atoms with van der Waals surface area (Å²) in [4.78, 5) is 0. The van der Waals surface area contributed by atoms with Gasteiger partial charge in [0.15, 0.2) is 0 Å². The largest absolute Gasteiger partial charge is 0.0878 e. The molecule has 0 spiro atoms. The topological polar surface area (TPSA) is 0 Å². The lowest BCUT2D eigenvalue weighted by molar-refractivity contribution is 0.560. The van der Waals surface area contributed by atoms with Crippen molar-refractivity contribution in [3.8, 4) is 0 Å². The molecule has 0 aliphatic rings. The quantitative estimate of drug-likeness (QED) is 0.302. The van der Waals surface area contributed by atoms with Gasteiger partial charge in [-0.05, 0) is 18.8 Å². The van der Waals surface area contributed by atoms with E-state index in [2.05, 4.69) is 48.6 Å². The second kappa shape index (κ2) is 7.58. The molecule has 60 valence electrons. The summed E-state index contributed by atoms with van der Waals surface area (Å²) < 4.78 is 1.15. The lowest BCUT2D eigenvalue weighted by atomic mass is 10.1. The van der Waals surface area contributed by atoms with Crippen LogP contribution in [0.3, 0.4) is 0 Å². The van der Waals surface area contributed by atoms with E-state index in [0.717, 1.165) is 10.3 Å². The molecule has 0 N–H and O–H groups in total. The molecular weight excluding hydrogens is 235 g/mol. The van der Waals surface area contributed by atoms with Crippen LogP contribution in [0.4, 0.5) is 0 Å². The molecular formula is C9H17I. The Bertz CT molecular complexity index is 84.7. The molecule has 0 saturated heterocycles. The Kier molecular flexibility index (Phi) is 7.93. The van der Waals surface area contributed by atoms with Gasteiger partial charge in [0.05, 0.1) is 0 Å². The highest BCUT2D eigenvalue weighted by molar-refractivity contribution is 14.1. The lowest BCUT2D eigenvalue weighted by Gasteiger charge is -1.99. The average Bonchev–Trinajstić information content (AvgIpc) is 1.87. The van der Waals surface area contributed by atoms with Crippen molar-refractivity contribution in [1.82, 2.24) is 0 Å². The maximum atomic E-state index is 2.37. The molecule has 0 saturated carbocycles. The Labute approximate surface area is 78.2 Å². The number of hydrogen-bond acceptors (Lipinski definition) is 0. The molecule has 1 heteroatoms. The SMILES string of the molecule is CC(C)CCC/C=C/CI. The summed E-state index contributed by atoms with van der Waals surface area (Å²) in [6.07, 6.45) is 8.51. The van der Waals surface area contributed by atoms with Crippen molar-refractivity contribution >= 4 is 22.6 Å². The van der Waals surface area contributed by atoms with Gasteiger partial charge in [-0.2, -0.15) is 0 Å². The summed E-state index contributed by atoms with van der Waals surface area (Å²) in [6, 6.07) is 0. The summed E-state index contributed by atoms with van der Waals surface area (Å²) in [6.45, 7) is 4.56. The first-order chi connectivity index (χ1) is 4.77. The van der Waals surface area contributed by atoms with Crippen molar-refractivity contribution in [1.29, 1.82) is 0 Å². The fourth-order valence-corrected chi connectivity index (χ4v) is 1.18. The van der Waals surface area contributed by atoms with Crippen LogP contribution in [0, 0.1) is 5.92 Å². The monoisotopic (exact) mass is 252 g/mol. The Morgan fingerprint density at radius 1 is 1.30 bits per heavy atom. The maximum absolute atomic E-state index is 2.37. The zero-order chi connectivity index (χ0) is 7.82. The van der Waals surface area contributed by atoms with Gasteiger partial charge in [0.25, 0.3) is 0 Å². The smallest absolute Gasteiger partial charge is 0.0175 e. The number of unbranched alkanes of at least 4 members (excludes halogenated alkanes) is 1. The van der Waals surface area contributed by atoms with Crippen molar-refractivity contribution in [3.63, 3.8) is 0 Å². The first-order valence-corrected chi connectivity index (χ1v) is 5.51. The van der Waals surface area contributed by atoms with Crippen LogP contribution in [-0.2, 0) is 0 Å². The van der Waals surface area contributed by atoms with E-state index in [-0.39, 0.29) is 0 Å². The molecule has 0 nitrogen and oxygen atoms in total. The van der Waals surface area contributed by atoms with Crippen LogP contribution < -0.4 is 0 Å². The molecule has 0 radical (unpaired) electrons. The molecule has 0 aliphatic carbocycles. The molecule has 0 fully saturated rings. The summed E-state index contributed by atoms with van der Waals surface area (Å²) in [7, 11) is 0. The molecule has 0 bridgehead atoms. The number of hydrogen-bond donors (Lipinski definition) is 0. The molecule has 0 atom stereocenters. The minimum absolute atomic E-state index is 0.869. The first-order valence-electron chi connectivity index (χ1n) is 3.98. The zero-order valence-electron chi connectivity index (χ0n) is 6.94. The van der Waals surface area contributed by atoms with Crippen LogP contribution in [0.5, 0.6) is 0 Å². The standard InChI is InChI=1S/C9H17I/c1-9(2)7-5-3-4-6-8-10/h4,6,9H,3,5,7-8H2,1-2H3/b6-4+. The second-order valence-electron chi connectivity index (χ2n) is 2.95. The van der Waals surface area contributed by atoms with Crippen molar-refractivity contribution < 1.29 is 0 Å². The van der Waals surface area contributed by atoms with E-state index in [4.69, 9.17) is 0 Å². The summed E-state index contributed by atoms with van der Waals surface area (Å²) in [5, 5.41) is 0. The number of alkyl halides is 1. The molecule has 10 heavy (non-hydrogen) atoms. The van der Waals surface area contributed by atoms with E-state index < -0.39 is 0 Å². The van der Waals surface area contributed by atoms with Gasteiger partial charge in [-0.3, -0.25) is 0 Å². The minimum Gasteiger partial charge on any atom is -0.0878 e. The van der Waals surface area contributed by atoms with Gasteiger partial charge in [-0.15, -0.1) is 0 Å². The van der Waals surface area contributed by atoms with Gasteiger partial charge in [-0.25, -0.2) is 0 Å². The summed E-state index contributed by atoms with van der Waals surface area (Å²) >= 11 is 2.37. The third-order valence-corrected chi connectivity index (χ3v) is 1.92. The van der Waals surface area contributed by atoms with Gasteiger partial charge in [0, 0.05) is 4.43 Å². The Balaban J connectivity index is 2.97. The summed E-state index contributed by atoms with van der Waals surface area (Å²) in [5.74, 6) is 0.869. The molecule has 0 rings (SSSR count). The van der Waals surface area contributed by atoms with E-state index in [1.807, 2.05) is 0 Å². The van der Waals surface area contributed by atoms with Gasteiger partial charge < -0.3 is 0 Å². The molecule has 0 aliphatic heterocycles. The van der Waals surface area contributed by atoms with E-state index in [1.54, 1.807) is 0 Å². The highest BCUT2D eigenvalue weighted by atomic mass is 127. The maximum Gasteiger partial charge on any atom is 0.0175 e. The predicted molar refractivity (Wildman–Crippen MR) is 56.7 cm³/mol. The van der Waals surface area contributed by atoms with E-state index in [0.29, 0.717) is 0 Å². The fourth-order valence-electron chi connectivity index (χ4n) is 0.825. The van der Waals surface area contributed by atoms with Crippen molar-refractivity contribution in [2.24, 2.45) is 5.92 Å². The van der Waals surface area contributed by atoms with Crippen LogP contribution in [0.1, 0.15) is 33.1 Å². The third kappa shape index (κ3) is 8.47. The third-order valence-electron chi connectivity index (χ3n) is 1.41. The average molecular weight is 252 g/mol. The molecule has 0 aromatic carbocycles. The van der Waals surface area contributed by atoms with Crippen LogP contribution in [0.15, 0.2) is 12.2 Å². The molecule has 0 unspecified atom stereocenters. The Morgan fingerprint density at radius 2 is 2.00 bits per heavy atom. The van der Waals surface area contributed by atoms with E-state index in [9.17, 15) is 0 Å². The van der Waals surface area contributed by atoms with Crippen LogP contribution in [-0.4, -0.2) is 4.43 Å². The fraction of sp³-hybridized carbons (Fsp3) is 0.778. The molecule has 0 amide bonds. The van der Waals surface area contributed by atoms with Crippen LogP contribution >= 0.6 is 22.6 Å². The van der Waals surface area contributed by atoms with E-state index in [1.165, 1.54) is 19.3 Å². The van der Waals surface area contributed by atoms with Gasteiger partial charge in [-0.1, -0.05) is 55.0 Å². The number of allylic oxidation sites excluding steroid dienone is 2. The molecule has 0 aromatic heterocycles. The van der Waals surface area contributed by atoms with Crippen molar-refractivity contribution in [2.45, 2.75) is 33.1 Å². The van der Waals surface area contributed by atoms with Crippen LogP contribution in [0.25, 0.3) is 0 Å². The van der Waals surface area contributed by atoms with Gasteiger partial charge in [0.2, 0.25) is 0 Å². The molecule has 0 aromatic rings.